The summed E-state index contributed by atoms with van der Waals surface area (Å²) >= 11 is 0. The van der Waals surface area contributed by atoms with Gasteiger partial charge in [-0.25, -0.2) is 0 Å². The third-order valence-electron chi connectivity index (χ3n) is 4.15. The third kappa shape index (κ3) is 3.38. The van der Waals surface area contributed by atoms with Gasteiger partial charge in [0.1, 0.15) is 0 Å². The van der Waals surface area contributed by atoms with Crippen molar-refractivity contribution in [3.8, 4) is 0 Å². The number of aryl methyl sites for hydroxylation is 1. The molecule has 120 valence electrons. The molecule has 3 rings (SSSR count). The minimum Gasteiger partial charge on any atom is -0.345 e. The number of amides is 1. The Kier molecular flexibility index (Phi) is 4.11. The number of fused-ring (bicyclic) bond motifs is 1. The van der Waals surface area contributed by atoms with Crippen LogP contribution in [0.3, 0.4) is 0 Å². The molecule has 0 aromatic heterocycles. The first kappa shape index (κ1) is 15.6. The molecular formula is C18H16F3NO. The highest BCUT2D eigenvalue weighted by Crippen LogP contribution is 2.31. The van der Waals surface area contributed by atoms with Crippen LogP contribution in [-0.4, -0.2) is 5.91 Å². The van der Waals surface area contributed by atoms with Gasteiger partial charge in [-0.05, 0) is 54.7 Å². The maximum absolute atomic E-state index is 12.6. The summed E-state index contributed by atoms with van der Waals surface area (Å²) in [6, 6.07) is 12.2. The fourth-order valence-electron chi connectivity index (χ4n) is 2.96. The van der Waals surface area contributed by atoms with Crippen LogP contribution in [0.15, 0.2) is 48.5 Å². The second kappa shape index (κ2) is 6.07. The van der Waals surface area contributed by atoms with Gasteiger partial charge in [-0.15, -0.1) is 0 Å². The zero-order valence-electron chi connectivity index (χ0n) is 12.4. The quantitative estimate of drug-likeness (QED) is 0.867. The molecule has 1 amide bonds. The molecule has 0 spiro atoms. The van der Waals surface area contributed by atoms with Crippen LogP contribution in [0, 0.1) is 0 Å². The predicted molar refractivity (Wildman–Crippen MR) is 81.0 cm³/mol. The Morgan fingerprint density at radius 2 is 1.74 bits per heavy atom. The standard InChI is InChI=1S/C18H16F3NO/c19-18(20,21)14-10-8-13(9-11-14)17(23)22-16-7-3-5-12-4-1-2-6-15(12)16/h1-2,4,6,8-11,16H,3,5,7H2,(H,22,23)/t16-/m1/s1. The summed E-state index contributed by atoms with van der Waals surface area (Å²) in [4.78, 5) is 12.3. The molecule has 0 heterocycles. The molecule has 5 heteroatoms. The van der Waals surface area contributed by atoms with Gasteiger partial charge in [-0.1, -0.05) is 24.3 Å². The summed E-state index contributed by atoms with van der Waals surface area (Å²) < 4.78 is 37.7. The van der Waals surface area contributed by atoms with Crippen molar-refractivity contribution in [2.75, 3.05) is 0 Å². The number of carbonyl (C=O) groups is 1. The van der Waals surface area contributed by atoms with Gasteiger partial charge in [0.25, 0.3) is 5.91 Å². The number of rotatable bonds is 2. The summed E-state index contributed by atoms with van der Waals surface area (Å²) in [5.41, 5.74) is 1.80. The number of hydrogen-bond donors (Lipinski definition) is 1. The van der Waals surface area contributed by atoms with Crippen LogP contribution in [0.25, 0.3) is 0 Å². The molecule has 0 saturated carbocycles. The second-order valence-electron chi connectivity index (χ2n) is 5.69. The number of benzene rings is 2. The number of alkyl halides is 3. The van der Waals surface area contributed by atoms with Gasteiger partial charge in [0, 0.05) is 5.56 Å². The van der Waals surface area contributed by atoms with Crippen molar-refractivity contribution in [1.82, 2.24) is 5.32 Å². The second-order valence-corrected chi connectivity index (χ2v) is 5.69. The monoisotopic (exact) mass is 319 g/mol. The van der Waals surface area contributed by atoms with E-state index in [-0.39, 0.29) is 17.5 Å². The number of carbonyl (C=O) groups excluding carboxylic acids is 1. The maximum atomic E-state index is 12.6. The largest absolute Gasteiger partial charge is 0.416 e. The molecule has 1 N–H and O–H groups in total. The van der Waals surface area contributed by atoms with E-state index in [2.05, 4.69) is 5.32 Å². The lowest BCUT2D eigenvalue weighted by Gasteiger charge is -2.26. The van der Waals surface area contributed by atoms with Crippen molar-refractivity contribution in [3.05, 3.63) is 70.8 Å². The van der Waals surface area contributed by atoms with E-state index in [1.54, 1.807) is 0 Å². The molecule has 1 atom stereocenters. The van der Waals surface area contributed by atoms with Gasteiger partial charge in [-0.2, -0.15) is 13.2 Å². The molecule has 0 radical (unpaired) electrons. The Hall–Kier alpha value is -2.30. The lowest BCUT2D eigenvalue weighted by Crippen LogP contribution is -2.31. The van der Waals surface area contributed by atoms with Gasteiger partial charge in [0.2, 0.25) is 0 Å². The van der Waals surface area contributed by atoms with Crippen LogP contribution in [0.4, 0.5) is 13.2 Å². The number of nitrogens with one attached hydrogen (secondary N) is 1. The van der Waals surface area contributed by atoms with Gasteiger partial charge in [-0.3, -0.25) is 4.79 Å². The summed E-state index contributed by atoms with van der Waals surface area (Å²) in [5.74, 6) is -0.347. The molecule has 1 aliphatic carbocycles. The molecule has 0 saturated heterocycles. The minimum absolute atomic E-state index is 0.0882. The fourth-order valence-corrected chi connectivity index (χ4v) is 2.96. The fraction of sp³-hybridized carbons (Fsp3) is 0.278. The first-order chi connectivity index (χ1) is 10.9. The van der Waals surface area contributed by atoms with E-state index in [1.807, 2.05) is 24.3 Å². The Morgan fingerprint density at radius 1 is 1.04 bits per heavy atom. The molecule has 1 aliphatic rings. The van der Waals surface area contributed by atoms with Crippen molar-refractivity contribution in [2.45, 2.75) is 31.5 Å². The maximum Gasteiger partial charge on any atom is 0.416 e. The molecule has 2 aromatic rings. The van der Waals surface area contributed by atoms with Gasteiger partial charge < -0.3 is 5.32 Å². The lowest BCUT2D eigenvalue weighted by molar-refractivity contribution is -0.137. The highest BCUT2D eigenvalue weighted by Gasteiger charge is 2.30. The Labute approximate surface area is 132 Å². The van der Waals surface area contributed by atoms with Gasteiger partial charge >= 0.3 is 6.18 Å². The molecule has 23 heavy (non-hydrogen) atoms. The van der Waals surface area contributed by atoms with Crippen molar-refractivity contribution in [2.24, 2.45) is 0 Å². The summed E-state index contributed by atoms with van der Waals surface area (Å²) in [6.45, 7) is 0. The smallest absolute Gasteiger partial charge is 0.345 e. The van der Waals surface area contributed by atoms with E-state index in [0.29, 0.717) is 0 Å². The summed E-state index contributed by atoms with van der Waals surface area (Å²) in [6.07, 6.45) is -1.58. The van der Waals surface area contributed by atoms with Gasteiger partial charge in [0.15, 0.2) is 0 Å². The van der Waals surface area contributed by atoms with Crippen LogP contribution in [0.2, 0.25) is 0 Å². The van der Waals surface area contributed by atoms with Gasteiger partial charge in [0.05, 0.1) is 11.6 Å². The topological polar surface area (TPSA) is 29.1 Å². The first-order valence-electron chi connectivity index (χ1n) is 7.51. The average molecular weight is 319 g/mol. The summed E-state index contributed by atoms with van der Waals surface area (Å²) in [5, 5.41) is 2.93. The zero-order valence-corrected chi connectivity index (χ0v) is 12.4. The number of hydrogen-bond acceptors (Lipinski definition) is 1. The van der Waals surface area contributed by atoms with Crippen LogP contribution < -0.4 is 5.32 Å². The molecular weight excluding hydrogens is 303 g/mol. The first-order valence-corrected chi connectivity index (χ1v) is 7.51. The van der Waals surface area contributed by atoms with Crippen molar-refractivity contribution < 1.29 is 18.0 Å². The molecule has 0 bridgehead atoms. The molecule has 0 aliphatic heterocycles. The SMILES string of the molecule is O=C(N[C@@H]1CCCc2ccccc21)c1ccc(C(F)(F)F)cc1. The highest BCUT2D eigenvalue weighted by molar-refractivity contribution is 5.94. The van der Waals surface area contributed by atoms with Crippen molar-refractivity contribution in [3.63, 3.8) is 0 Å². The minimum atomic E-state index is -4.39. The van der Waals surface area contributed by atoms with E-state index in [4.69, 9.17) is 0 Å². The van der Waals surface area contributed by atoms with Crippen LogP contribution in [0.5, 0.6) is 0 Å². The molecule has 0 unspecified atom stereocenters. The van der Waals surface area contributed by atoms with Crippen LogP contribution >= 0.6 is 0 Å². The summed E-state index contributed by atoms with van der Waals surface area (Å²) in [7, 11) is 0. The third-order valence-corrected chi connectivity index (χ3v) is 4.15. The Morgan fingerprint density at radius 3 is 2.43 bits per heavy atom. The van der Waals surface area contributed by atoms with E-state index in [0.717, 1.165) is 37.0 Å². The van der Waals surface area contributed by atoms with E-state index in [1.165, 1.54) is 17.7 Å². The number of halogens is 3. The van der Waals surface area contributed by atoms with Crippen molar-refractivity contribution in [1.29, 1.82) is 0 Å². The predicted octanol–water partition coefficient (Wildman–Crippen LogP) is 4.51. The molecule has 2 nitrogen and oxygen atoms in total. The van der Waals surface area contributed by atoms with E-state index in [9.17, 15) is 18.0 Å². The van der Waals surface area contributed by atoms with Crippen molar-refractivity contribution >= 4 is 5.91 Å². The Bertz CT molecular complexity index is 707. The Balaban J connectivity index is 1.75. The van der Waals surface area contributed by atoms with Crippen LogP contribution in [-0.2, 0) is 12.6 Å². The van der Waals surface area contributed by atoms with E-state index >= 15 is 0 Å². The highest BCUT2D eigenvalue weighted by atomic mass is 19.4. The van der Waals surface area contributed by atoms with Crippen LogP contribution in [0.1, 0.15) is 45.9 Å². The zero-order chi connectivity index (χ0) is 16.4. The normalized spacial score (nSPS) is 17.4. The molecule has 0 fully saturated rings. The van der Waals surface area contributed by atoms with E-state index < -0.39 is 11.7 Å². The lowest BCUT2D eigenvalue weighted by atomic mass is 9.87. The average Bonchev–Trinajstić information content (AvgIpc) is 2.54. The molecule has 2 aromatic carbocycles.